The molecular formula is C27H31ClN4O6. The Bertz CT molecular complexity index is 1300. The molecule has 1 unspecified atom stereocenters. The summed E-state index contributed by atoms with van der Waals surface area (Å²) in [7, 11) is 0. The average Bonchev–Trinajstić information content (AvgIpc) is 3.28. The van der Waals surface area contributed by atoms with Crippen LogP contribution >= 0.6 is 11.6 Å². The number of phenols is 1. The number of nitrogens with zero attached hydrogens (tertiary/aromatic N) is 3. The number of aliphatic hydroxyl groups is 1. The Morgan fingerprint density at radius 2 is 1.92 bits per heavy atom. The zero-order chi connectivity index (χ0) is 27.4. The van der Waals surface area contributed by atoms with Gasteiger partial charge in [-0.2, -0.15) is 5.10 Å². The summed E-state index contributed by atoms with van der Waals surface area (Å²) in [5.41, 5.74) is 2.30. The van der Waals surface area contributed by atoms with Crippen molar-refractivity contribution in [2.24, 2.45) is 0 Å². The van der Waals surface area contributed by atoms with Crippen LogP contribution in [0.15, 0.2) is 48.7 Å². The molecule has 1 aliphatic heterocycles. The molecule has 11 heteroatoms. The van der Waals surface area contributed by atoms with Crippen LogP contribution in [0, 0.1) is 0 Å². The van der Waals surface area contributed by atoms with E-state index in [4.69, 9.17) is 21.1 Å². The van der Waals surface area contributed by atoms with Crippen molar-refractivity contribution in [3.05, 3.63) is 53.7 Å². The van der Waals surface area contributed by atoms with Crippen molar-refractivity contribution in [2.45, 2.75) is 39.0 Å². The first-order valence-electron chi connectivity index (χ1n) is 12.2. The van der Waals surface area contributed by atoms with Crippen molar-refractivity contribution in [2.75, 3.05) is 31.7 Å². The first-order valence-corrected chi connectivity index (χ1v) is 12.6. The first-order chi connectivity index (χ1) is 18.1. The van der Waals surface area contributed by atoms with Crippen LogP contribution in [0.1, 0.15) is 20.8 Å². The highest BCUT2D eigenvalue weighted by molar-refractivity contribution is 6.31. The maximum atomic E-state index is 13.1. The van der Waals surface area contributed by atoms with E-state index in [1.165, 1.54) is 11.0 Å². The van der Waals surface area contributed by atoms with Gasteiger partial charge in [-0.3, -0.25) is 14.4 Å². The number of amides is 2. The lowest BCUT2D eigenvalue weighted by atomic mass is 10.0. The van der Waals surface area contributed by atoms with Gasteiger partial charge in [-0.1, -0.05) is 23.7 Å². The Morgan fingerprint density at radius 1 is 1.18 bits per heavy atom. The van der Waals surface area contributed by atoms with Gasteiger partial charge in [0.2, 0.25) is 5.91 Å². The maximum Gasteiger partial charge on any atom is 0.411 e. The third-order valence-corrected chi connectivity index (χ3v) is 6.06. The molecule has 10 nitrogen and oxygen atoms in total. The lowest BCUT2D eigenvalue weighted by Gasteiger charge is -2.35. The van der Waals surface area contributed by atoms with E-state index in [9.17, 15) is 19.8 Å². The van der Waals surface area contributed by atoms with Gasteiger partial charge in [-0.15, -0.1) is 0 Å². The van der Waals surface area contributed by atoms with Crippen LogP contribution in [0.3, 0.4) is 0 Å². The molecule has 3 aromatic rings. The molecule has 0 saturated carbocycles. The number of carbonyl (C=O) groups excluding carboxylic acids is 2. The molecule has 202 valence electrons. The number of phenolic OH excluding ortho intramolecular Hbond substituents is 1. The van der Waals surface area contributed by atoms with Crippen LogP contribution in [0.25, 0.3) is 22.4 Å². The first kappa shape index (κ1) is 27.4. The molecule has 1 aliphatic rings. The van der Waals surface area contributed by atoms with Gasteiger partial charge in [0.1, 0.15) is 23.1 Å². The SMILES string of the molecule is CC(C)(C)OC(=O)N1CCOCC1C(=O)Nc1ccc(-c2cn(CCO)nc2-c2cc(Cl)ccc2O)cc1. The fourth-order valence-corrected chi connectivity index (χ4v) is 4.24. The van der Waals surface area contributed by atoms with Crippen molar-refractivity contribution < 1.29 is 29.3 Å². The number of hydrogen-bond acceptors (Lipinski definition) is 7. The molecule has 3 N–H and O–H groups in total. The number of aliphatic hydroxyl groups excluding tert-OH is 1. The summed E-state index contributed by atoms with van der Waals surface area (Å²) >= 11 is 6.16. The van der Waals surface area contributed by atoms with Crippen molar-refractivity contribution in [3.8, 4) is 28.1 Å². The van der Waals surface area contributed by atoms with Gasteiger partial charge in [0, 0.05) is 34.6 Å². The summed E-state index contributed by atoms with van der Waals surface area (Å²) in [4.78, 5) is 27.1. The second kappa shape index (κ2) is 11.4. The van der Waals surface area contributed by atoms with Crippen LogP contribution in [-0.4, -0.2) is 74.9 Å². The molecule has 1 fully saturated rings. The minimum absolute atomic E-state index is 0.0259. The zero-order valence-electron chi connectivity index (χ0n) is 21.5. The zero-order valence-corrected chi connectivity index (χ0v) is 22.2. The van der Waals surface area contributed by atoms with E-state index in [-0.39, 0.29) is 38.0 Å². The molecule has 38 heavy (non-hydrogen) atoms. The molecule has 1 saturated heterocycles. The van der Waals surface area contributed by atoms with Gasteiger partial charge >= 0.3 is 6.09 Å². The largest absolute Gasteiger partial charge is 0.507 e. The highest BCUT2D eigenvalue weighted by Crippen LogP contribution is 2.37. The van der Waals surface area contributed by atoms with E-state index < -0.39 is 17.7 Å². The minimum Gasteiger partial charge on any atom is -0.507 e. The summed E-state index contributed by atoms with van der Waals surface area (Å²) in [5, 5.41) is 27.7. The number of nitrogens with one attached hydrogen (secondary N) is 1. The number of hydrogen-bond donors (Lipinski definition) is 3. The molecule has 2 heterocycles. The van der Waals surface area contributed by atoms with Crippen LogP contribution < -0.4 is 5.32 Å². The minimum atomic E-state index is -0.826. The van der Waals surface area contributed by atoms with Gasteiger partial charge in [-0.05, 0) is 56.7 Å². The van der Waals surface area contributed by atoms with Crippen molar-refractivity contribution >= 4 is 29.3 Å². The van der Waals surface area contributed by atoms with Crippen molar-refractivity contribution in [3.63, 3.8) is 0 Å². The summed E-state index contributed by atoms with van der Waals surface area (Å²) < 4.78 is 12.5. The van der Waals surface area contributed by atoms with Crippen LogP contribution in [-0.2, 0) is 20.8 Å². The van der Waals surface area contributed by atoms with E-state index in [0.717, 1.165) is 5.56 Å². The molecule has 2 aromatic carbocycles. The highest BCUT2D eigenvalue weighted by Gasteiger charge is 2.35. The smallest absolute Gasteiger partial charge is 0.411 e. The summed E-state index contributed by atoms with van der Waals surface area (Å²) in [6.07, 6.45) is 1.21. The number of aromatic hydroxyl groups is 1. The second-order valence-electron chi connectivity index (χ2n) is 9.87. The van der Waals surface area contributed by atoms with Gasteiger partial charge in [0.05, 0.1) is 26.4 Å². The number of benzene rings is 2. The van der Waals surface area contributed by atoms with E-state index in [1.807, 2.05) is 12.1 Å². The van der Waals surface area contributed by atoms with E-state index >= 15 is 0 Å². The normalized spacial score (nSPS) is 15.8. The molecule has 2 amide bonds. The summed E-state index contributed by atoms with van der Waals surface area (Å²) in [6.45, 7) is 6.14. The molecule has 0 spiro atoms. The number of morpholine rings is 1. The number of rotatable bonds is 6. The second-order valence-corrected chi connectivity index (χ2v) is 10.3. The molecular weight excluding hydrogens is 512 g/mol. The van der Waals surface area contributed by atoms with Gasteiger partial charge in [0.15, 0.2) is 0 Å². The Balaban J connectivity index is 1.55. The molecule has 0 aliphatic carbocycles. The molecule has 0 bridgehead atoms. The topological polar surface area (TPSA) is 126 Å². The van der Waals surface area contributed by atoms with Gasteiger partial charge < -0.3 is 25.0 Å². The predicted octanol–water partition coefficient (Wildman–Crippen LogP) is 4.14. The summed E-state index contributed by atoms with van der Waals surface area (Å²) in [5.74, 6) is -0.360. The predicted molar refractivity (Wildman–Crippen MR) is 143 cm³/mol. The summed E-state index contributed by atoms with van der Waals surface area (Å²) in [6, 6.07) is 11.0. The third kappa shape index (κ3) is 6.45. The molecule has 0 radical (unpaired) electrons. The third-order valence-electron chi connectivity index (χ3n) is 5.83. The number of aromatic nitrogens is 2. The number of carbonyl (C=O) groups is 2. The fourth-order valence-electron chi connectivity index (χ4n) is 4.07. The van der Waals surface area contributed by atoms with Crippen molar-refractivity contribution in [1.29, 1.82) is 0 Å². The van der Waals surface area contributed by atoms with E-state index in [2.05, 4.69) is 10.4 Å². The van der Waals surface area contributed by atoms with E-state index in [0.29, 0.717) is 34.1 Å². The Morgan fingerprint density at radius 3 is 2.61 bits per heavy atom. The van der Waals surface area contributed by atoms with Gasteiger partial charge in [-0.25, -0.2) is 4.79 Å². The van der Waals surface area contributed by atoms with Crippen LogP contribution in [0.4, 0.5) is 10.5 Å². The van der Waals surface area contributed by atoms with Crippen molar-refractivity contribution in [1.82, 2.24) is 14.7 Å². The molecule has 4 rings (SSSR count). The average molecular weight is 543 g/mol. The monoisotopic (exact) mass is 542 g/mol. The van der Waals surface area contributed by atoms with Crippen LogP contribution in [0.5, 0.6) is 5.75 Å². The number of anilines is 1. The Labute approximate surface area is 225 Å². The maximum absolute atomic E-state index is 13.1. The Kier molecular flexibility index (Phi) is 8.25. The number of ether oxygens (including phenoxy) is 2. The fraction of sp³-hybridized carbons (Fsp3) is 0.370. The Hall–Kier alpha value is -3.60. The highest BCUT2D eigenvalue weighted by atomic mass is 35.5. The quantitative estimate of drug-likeness (QED) is 0.427. The van der Waals surface area contributed by atoms with Crippen LogP contribution in [0.2, 0.25) is 5.02 Å². The number of halogens is 1. The van der Waals surface area contributed by atoms with Gasteiger partial charge in [0.25, 0.3) is 0 Å². The lowest BCUT2D eigenvalue weighted by molar-refractivity contribution is -0.127. The molecule has 1 atom stereocenters. The lowest BCUT2D eigenvalue weighted by Crippen LogP contribution is -2.55. The van der Waals surface area contributed by atoms with E-state index in [1.54, 1.807) is 55.9 Å². The standard InChI is InChI=1S/C27H31ClN4O6/c1-27(2,3)38-26(36)32-11-13-37-16-22(32)25(35)29-19-7-4-17(5-8-19)21-15-31(10-12-33)30-24(21)20-14-18(28)6-9-23(20)34/h4-9,14-15,22,33-34H,10-13,16H2,1-3H3,(H,29,35). The molecule has 1 aromatic heterocycles.